The number of ketones is 1. The number of hydrogen-bond donors (Lipinski definition) is 1. The first kappa shape index (κ1) is 41.2. The molecule has 0 aromatic rings. The van der Waals surface area contributed by atoms with E-state index in [9.17, 15) is 4.79 Å². The molecule has 9 saturated heterocycles. The molecule has 57 heavy (non-hydrogen) atoms. The molecule has 9 heterocycles. The van der Waals surface area contributed by atoms with Crippen LogP contribution in [0.2, 0.25) is 0 Å². The van der Waals surface area contributed by atoms with Crippen molar-refractivity contribution in [3.05, 3.63) is 24.3 Å². The van der Waals surface area contributed by atoms with Crippen molar-refractivity contribution in [2.45, 2.75) is 221 Å². The van der Waals surface area contributed by atoms with Crippen LogP contribution in [-0.2, 0) is 42.7 Å². The highest BCUT2D eigenvalue weighted by Crippen LogP contribution is 2.62. The summed E-state index contributed by atoms with van der Waals surface area (Å²) < 4.78 is 55.7. The lowest BCUT2D eigenvalue weighted by molar-refractivity contribution is -0.338. The van der Waals surface area contributed by atoms with Gasteiger partial charge in [-0.3, -0.25) is 4.79 Å². The highest BCUT2D eigenvalue weighted by molar-refractivity contribution is 5.79. The smallest absolute Gasteiger partial charge is 0.135 e. The molecule has 0 aromatic carbocycles. The Balaban J connectivity index is 1.01. The minimum absolute atomic E-state index is 0.0327. The number of carbonyl (C=O) groups is 1. The van der Waals surface area contributed by atoms with E-state index in [4.69, 9.17) is 43.6 Å². The predicted molar refractivity (Wildman–Crippen MR) is 216 cm³/mol. The Morgan fingerprint density at radius 1 is 0.842 bits per heavy atom. The van der Waals surface area contributed by atoms with E-state index in [2.05, 4.69) is 40.9 Å². The van der Waals surface area contributed by atoms with Crippen molar-refractivity contribution in [2.75, 3.05) is 13.7 Å². The lowest BCUT2D eigenvalue weighted by Crippen LogP contribution is -2.68. The SMILES string of the molecule is C=C1CC2CC[C@@]3(C)C[C@@]4(CCC)OC5CC4C4OC6CCC(CC(=O)CC7[C@H](C[C@H]8O[C@@H](CCC1O2)C[C@@H](C)C8=C)O[C@H](CC(C)CN)[C@@H]7OC)O[C@@H]6C(O3)C54. The zero-order chi connectivity index (χ0) is 39.8. The molecular formula is C47H73NO9. The van der Waals surface area contributed by atoms with Gasteiger partial charge in [-0.15, -0.1) is 0 Å². The summed E-state index contributed by atoms with van der Waals surface area (Å²) in [5.74, 6) is 1.21. The van der Waals surface area contributed by atoms with Crippen molar-refractivity contribution in [3.63, 3.8) is 0 Å². The third-order valence-corrected chi connectivity index (χ3v) is 16.4. The zero-order valence-corrected chi connectivity index (χ0v) is 35.6. The van der Waals surface area contributed by atoms with Gasteiger partial charge in [0.05, 0.1) is 84.4 Å². The number of nitrogens with two attached hydrogens (primary N) is 1. The Labute approximate surface area is 342 Å². The molecule has 10 aliphatic rings. The number of rotatable bonds is 6. The lowest BCUT2D eigenvalue weighted by atomic mass is 9.68. The summed E-state index contributed by atoms with van der Waals surface area (Å²) in [7, 11) is 1.76. The first-order valence-corrected chi connectivity index (χ1v) is 23.1. The van der Waals surface area contributed by atoms with Crippen molar-refractivity contribution in [3.8, 4) is 0 Å². The van der Waals surface area contributed by atoms with Gasteiger partial charge in [-0.25, -0.2) is 0 Å². The van der Waals surface area contributed by atoms with Gasteiger partial charge in [0.2, 0.25) is 0 Å². The van der Waals surface area contributed by atoms with Crippen molar-refractivity contribution in [2.24, 2.45) is 35.3 Å². The minimum Gasteiger partial charge on any atom is -0.378 e. The molecule has 9 aliphatic heterocycles. The van der Waals surface area contributed by atoms with Gasteiger partial charge >= 0.3 is 0 Å². The van der Waals surface area contributed by atoms with Crippen LogP contribution in [0.15, 0.2) is 24.3 Å². The van der Waals surface area contributed by atoms with Gasteiger partial charge in [-0.05, 0) is 107 Å². The minimum atomic E-state index is -0.404. The van der Waals surface area contributed by atoms with E-state index in [1.807, 2.05) is 0 Å². The highest BCUT2D eigenvalue weighted by atomic mass is 16.6. The Morgan fingerprint density at radius 3 is 2.42 bits per heavy atom. The summed E-state index contributed by atoms with van der Waals surface area (Å²) in [5, 5.41) is 0. The molecule has 10 heteroatoms. The second kappa shape index (κ2) is 16.2. The van der Waals surface area contributed by atoms with Crippen LogP contribution in [0, 0.1) is 29.6 Å². The molecule has 0 radical (unpaired) electrons. The van der Waals surface area contributed by atoms with Gasteiger partial charge in [0.1, 0.15) is 11.9 Å². The summed E-state index contributed by atoms with van der Waals surface area (Å²) >= 11 is 0. The topological polar surface area (TPSA) is 117 Å². The number of ether oxygens (including phenoxy) is 8. The predicted octanol–water partition coefficient (Wildman–Crippen LogP) is 7.18. The van der Waals surface area contributed by atoms with Crippen LogP contribution in [0.4, 0.5) is 0 Å². The molecule has 0 amide bonds. The maximum absolute atomic E-state index is 14.3. The van der Waals surface area contributed by atoms with E-state index in [1.54, 1.807) is 7.11 Å². The van der Waals surface area contributed by atoms with Crippen LogP contribution in [0.5, 0.6) is 0 Å². The molecule has 1 aliphatic carbocycles. The molecule has 320 valence electrons. The number of methoxy groups -OCH3 is 1. The average Bonchev–Trinajstić information content (AvgIpc) is 3.91. The van der Waals surface area contributed by atoms with Crippen LogP contribution in [0.3, 0.4) is 0 Å². The van der Waals surface area contributed by atoms with Crippen molar-refractivity contribution in [1.29, 1.82) is 0 Å². The van der Waals surface area contributed by atoms with Crippen LogP contribution in [0.25, 0.3) is 0 Å². The maximum atomic E-state index is 14.3. The molecule has 0 aromatic heterocycles. The first-order chi connectivity index (χ1) is 27.4. The fraction of sp³-hybridized carbons (Fsp3) is 0.894. The monoisotopic (exact) mass is 796 g/mol. The molecule has 0 spiro atoms. The fourth-order valence-corrected chi connectivity index (χ4v) is 13.6. The van der Waals surface area contributed by atoms with E-state index >= 15 is 0 Å². The van der Waals surface area contributed by atoms with E-state index in [0.717, 1.165) is 89.0 Å². The Bertz CT molecular complexity index is 1510. The molecular weight excluding hydrogens is 723 g/mol. The van der Waals surface area contributed by atoms with Gasteiger partial charge in [0.15, 0.2) is 0 Å². The van der Waals surface area contributed by atoms with E-state index in [0.29, 0.717) is 37.6 Å². The summed E-state index contributed by atoms with van der Waals surface area (Å²) in [6, 6.07) is 0. The first-order valence-electron chi connectivity index (χ1n) is 23.1. The molecule has 10 nitrogen and oxygen atoms in total. The number of fused-ring (bicyclic) bond motifs is 6. The molecule has 13 bridgehead atoms. The number of Topliss-reactive ketones (excluding diaryl/α,β-unsaturated/α-hetero) is 1. The molecule has 20 atom stereocenters. The third-order valence-electron chi connectivity index (χ3n) is 16.4. The van der Waals surface area contributed by atoms with Gasteiger partial charge < -0.3 is 43.6 Å². The zero-order valence-electron chi connectivity index (χ0n) is 35.6. The molecule has 11 unspecified atom stereocenters. The average molecular weight is 796 g/mol. The van der Waals surface area contributed by atoms with Crippen molar-refractivity contribution in [1.82, 2.24) is 0 Å². The number of carbonyl (C=O) groups excluding carboxylic acids is 1. The van der Waals surface area contributed by atoms with Crippen molar-refractivity contribution < 1.29 is 42.7 Å². The van der Waals surface area contributed by atoms with Crippen LogP contribution >= 0.6 is 0 Å². The summed E-state index contributed by atoms with van der Waals surface area (Å²) in [6.45, 7) is 18.7. The largest absolute Gasteiger partial charge is 0.378 e. The van der Waals surface area contributed by atoms with Gasteiger partial charge in [0, 0.05) is 50.5 Å². The van der Waals surface area contributed by atoms with Gasteiger partial charge in [-0.1, -0.05) is 40.3 Å². The van der Waals surface area contributed by atoms with Crippen molar-refractivity contribution >= 4 is 5.78 Å². The van der Waals surface area contributed by atoms with Crippen LogP contribution < -0.4 is 5.73 Å². The lowest BCUT2D eigenvalue weighted by Gasteiger charge is -2.59. The fourth-order valence-electron chi connectivity index (χ4n) is 13.6. The Hall–Kier alpha value is -1.21. The van der Waals surface area contributed by atoms with Gasteiger partial charge in [-0.2, -0.15) is 0 Å². The summed E-state index contributed by atoms with van der Waals surface area (Å²) in [5.41, 5.74) is 7.79. The number of hydrogen-bond acceptors (Lipinski definition) is 10. The normalized spacial score (nSPS) is 51.7. The van der Waals surface area contributed by atoms with E-state index < -0.39 is 5.60 Å². The highest BCUT2D eigenvalue weighted by Gasteiger charge is 2.70. The maximum Gasteiger partial charge on any atom is 0.135 e. The summed E-state index contributed by atoms with van der Waals surface area (Å²) in [6.07, 6.45) is 12.5. The van der Waals surface area contributed by atoms with Gasteiger partial charge in [0.25, 0.3) is 0 Å². The Morgan fingerprint density at radius 2 is 1.63 bits per heavy atom. The molecule has 10 fully saturated rings. The Kier molecular flexibility index (Phi) is 11.7. The second-order valence-corrected chi connectivity index (χ2v) is 20.6. The van der Waals surface area contributed by atoms with Crippen LogP contribution in [0.1, 0.15) is 130 Å². The molecule has 1 saturated carbocycles. The molecule has 10 rings (SSSR count). The molecule has 2 N–H and O–H groups in total. The summed E-state index contributed by atoms with van der Waals surface area (Å²) in [4.78, 5) is 14.3. The van der Waals surface area contributed by atoms with E-state index in [-0.39, 0.29) is 108 Å². The van der Waals surface area contributed by atoms with Crippen LogP contribution in [-0.4, -0.2) is 110 Å². The standard InChI is InChI=1S/C47H73NO9/c1-8-14-47-24-46(6)15-13-32-18-27(4)35(51-32)11-9-30-17-26(3)28(5)37(52-30)22-38-33(42(50-7)40(54-38)16-25(2)23-48)20-29(49)19-31-10-12-36-44(53-31)45(57-46)41-39(56-47)21-34(47)43(41)55-36/h25-26,30-45H,4-5,8-24,48H2,1-3,6-7H3/t25?,26-,30+,31?,32?,33?,34?,35?,36?,37-,38+,39?,40-,41?,42-,43?,44+,45?,46+,47-/m1/s1. The quantitative estimate of drug-likeness (QED) is 0.277. The van der Waals surface area contributed by atoms with E-state index in [1.165, 1.54) is 5.57 Å². The second-order valence-electron chi connectivity index (χ2n) is 20.6. The third kappa shape index (κ3) is 7.70.